The van der Waals surface area contributed by atoms with E-state index in [0.29, 0.717) is 6.04 Å². The average Bonchev–Trinajstić information content (AvgIpc) is 2.15. The van der Waals surface area contributed by atoms with E-state index in [1.165, 1.54) is 44.1 Å². The third kappa shape index (κ3) is 3.51. The summed E-state index contributed by atoms with van der Waals surface area (Å²) in [7, 11) is 2.04. The van der Waals surface area contributed by atoms with Crippen molar-refractivity contribution in [2.45, 2.75) is 51.5 Å². The summed E-state index contributed by atoms with van der Waals surface area (Å²) in [6, 6.07) is 0.545. The molecular weight excluding hydrogens is 158 g/mol. The fraction of sp³-hybridized carbons (Fsp3) is 0.833. The van der Waals surface area contributed by atoms with Gasteiger partial charge in [0.25, 0.3) is 0 Å². The van der Waals surface area contributed by atoms with Gasteiger partial charge in [-0.25, -0.2) is 0 Å². The molecule has 1 fully saturated rings. The van der Waals surface area contributed by atoms with E-state index in [0.717, 1.165) is 5.92 Å². The summed E-state index contributed by atoms with van der Waals surface area (Å²) in [6.07, 6.45) is 8.51. The number of hydrogen-bond donors (Lipinski definition) is 1. The molecule has 0 amide bonds. The molecule has 1 saturated carbocycles. The molecule has 1 heteroatoms. The van der Waals surface area contributed by atoms with Crippen molar-refractivity contribution in [2.75, 3.05) is 7.05 Å². The zero-order chi connectivity index (χ0) is 9.68. The molecule has 13 heavy (non-hydrogen) atoms. The van der Waals surface area contributed by atoms with Crippen molar-refractivity contribution in [1.82, 2.24) is 5.32 Å². The average molecular weight is 181 g/mol. The number of rotatable bonds is 4. The third-order valence-corrected chi connectivity index (χ3v) is 3.24. The highest BCUT2D eigenvalue weighted by molar-refractivity contribution is 5.01. The second kappa shape index (κ2) is 5.43. The summed E-state index contributed by atoms with van der Waals surface area (Å²) >= 11 is 0. The van der Waals surface area contributed by atoms with Crippen molar-refractivity contribution in [3.8, 4) is 0 Å². The fourth-order valence-corrected chi connectivity index (χ4v) is 2.32. The van der Waals surface area contributed by atoms with E-state index in [9.17, 15) is 0 Å². The first-order valence-corrected chi connectivity index (χ1v) is 5.56. The lowest BCUT2D eigenvalue weighted by molar-refractivity contribution is 0.316. The van der Waals surface area contributed by atoms with Crippen molar-refractivity contribution in [1.29, 1.82) is 0 Å². The standard InChI is InChI=1S/C12H23N/c1-10(2)12(13-3)9-11-7-5-4-6-8-11/h11-13H,1,4-9H2,2-3H3. The van der Waals surface area contributed by atoms with Crippen LogP contribution in [0.5, 0.6) is 0 Å². The summed E-state index contributed by atoms with van der Waals surface area (Å²) in [5, 5.41) is 3.35. The highest BCUT2D eigenvalue weighted by Crippen LogP contribution is 2.28. The predicted molar refractivity (Wildman–Crippen MR) is 58.9 cm³/mol. The third-order valence-electron chi connectivity index (χ3n) is 3.24. The van der Waals surface area contributed by atoms with Crippen LogP contribution >= 0.6 is 0 Å². The minimum absolute atomic E-state index is 0.545. The Hall–Kier alpha value is -0.300. The molecule has 0 heterocycles. The molecule has 0 radical (unpaired) electrons. The molecule has 0 spiro atoms. The molecule has 1 rings (SSSR count). The van der Waals surface area contributed by atoms with Gasteiger partial charge in [0.2, 0.25) is 0 Å². The van der Waals surface area contributed by atoms with Gasteiger partial charge in [-0.3, -0.25) is 0 Å². The van der Waals surface area contributed by atoms with Crippen molar-refractivity contribution in [3.63, 3.8) is 0 Å². The Morgan fingerprint density at radius 3 is 2.46 bits per heavy atom. The zero-order valence-corrected chi connectivity index (χ0v) is 9.10. The van der Waals surface area contributed by atoms with Crippen LogP contribution in [-0.2, 0) is 0 Å². The van der Waals surface area contributed by atoms with Gasteiger partial charge < -0.3 is 5.32 Å². The lowest BCUT2D eigenvalue weighted by Crippen LogP contribution is -2.29. The Morgan fingerprint density at radius 1 is 1.38 bits per heavy atom. The predicted octanol–water partition coefficient (Wildman–Crippen LogP) is 3.12. The topological polar surface area (TPSA) is 12.0 Å². The van der Waals surface area contributed by atoms with Crippen molar-refractivity contribution in [3.05, 3.63) is 12.2 Å². The molecule has 0 saturated heterocycles. The SMILES string of the molecule is C=C(C)C(CC1CCCCC1)NC. The highest BCUT2D eigenvalue weighted by atomic mass is 14.9. The molecule has 0 aromatic heterocycles. The van der Waals surface area contributed by atoms with E-state index in [1.54, 1.807) is 0 Å². The van der Waals surface area contributed by atoms with Gasteiger partial charge in [-0.1, -0.05) is 44.3 Å². The molecule has 1 atom stereocenters. The van der Waals surface area contributed by atoms with Crippen LogP contribution in [0.1, 0.15) is 45.4 Å². The second-order valence-electron chi connectivity index (χ2n) is 4.43. The molecule has 0 aromatic rings. The molecule has 1 aliphatic carbocycles. The Morgan fingerprint density at radius 2 is 2.00 bits per heavy atom. The van der Waals surface area contributed by atoms with Gasteiger partial charge in [0.05, 0.1) is 0 Å². The normalized spacial score (nSPS) is 21.4. The summed E-state index contributed by atoms with van der Waals surface area (Å²) < 4.78 is 0. The molecule has 0 bridgehead atoms. The van der Waals surface area contributed by atoms with E-state index in [1.807, 2.05) is 7.05 Å². The first-order chi connectivity index (χ1) is 6.24. The summed E-state index contributed by atoms with van der Waals surface area (Å²) in [6.45, 7) is 6.16. The summed E-state index contributed by atoms with van der Waals surface area (Å²) in [5.41, 5.74) is 1.29. The molecule has 76 valence electrons. The molecule has 0 aromatic carbocycles. The number of nitrogens with one attached hydrogen (secondary N) is 1. The van der Waals surface area contributed by atoms with Crippen LogP contribution in [0, 0.1) is 5.92 Å². The van der Waals surface area contributed by atoms with Gasteiger partial charge in [-0.15, -0.1) is 0 Å². The van der Waals surface area contributed by atoms with Crippen LogP contribution < -0.4 is 5.32 Å². The van der Waals surface area contributed by atoms with E-state index in [4.69, 9.17) is 0 Å². The first kappa shape index (κ1) is 10.8. The number of likely N-dealkylation sites (N-methyl/N-ethyl adjacent to an activating group) is 1. The molecule has 1 nitrogen and oxygen atoms in total. The maximum Gasteiger partial charge on any atom is 0.0273 e. The Kier molecular flexibility index (Phi) is 4.51. The quantitative estimate of drug-likeness (QED) is 0.657. The van der Waals surface area contributed by atoms with Gasteiger partial charge in [-0.05, 0) is 26.3 Å². The van der Waals surface area contributed by atoms with Crippen LogP contribution in [0.4, 0.5) is 0 Å². The second-order valence-corrected chi connectivity index (χ2v) is 4.43. The van der Waals surface area contributed by atoms with Crippen LogP contribution in [0.15, 0.2) is 12.2 Å². The van der Waals surface area contributed by atoms with Gasteiger partial charge in [-0.2, -0.15) is 0 Å². The van der Waals surface area contributed by atoms with Crippen LogP contribution in [0.2, 0.25) is 0 Å². The van der Waals surface area contributed by atoms with Gasteiger partial charge in [0.15, 0.2) is 0 Å². The summed E-state index contributed by atoms with van der Waals surface area (Å²) in [5.74, 6) is 0.947. The van der Waals surface area contributed by atoms with Crippen LogP contribution in [0.25, 0.3) is 0 Å². The van der Waals surface area contributed by atoms with Crippen molar-refractivity contribution in [2.24, 2.45) is 5.92 Å². The lowest BCUT2D eigenvalue weighted by atomic mass is 9.83. The monoisotopic (exact) mass is 181 g/mol. The highest BCUT2D eigenvalue weighted by Gasteiger charge is 2.17. The number of hydrogen-bond acceptors (Lipinski definition) is 1. The maximum absolute atomic E-state index is 4.03. The zero-order valence-electron chi connectivity index (χ0n) is 9.10. The Balaban J connectivity index is 2.31. The fourth-order valence-electron chi connectivity index (χ4n) is 2.32. The van der Waals surface area contributed by atoms with E-state index in [-0.39, 0.29) is 0 Å². The minimum Gasteiger partial charge on any atom is -0.313 e. The molecule has 1 unspecified atom stereocenters. The minimum atomic E-state index is 0.545. The Bertz CT molecular complexity index is 157. The summed E-state index contributed by atoms with van der Waals surface area (Å²) in [4.78, 5) is 0. The Labute approximate surface area is 82.6 Å². The van der Waals surface area contributed by atoms with Crippen molar-refractivity contribution < 1.29 is 0 Å². The largest absolute Gasteiger partial charge is 0.313 e. The first-order valence-electron chi connectivity index (χ1n) is 5.56. The van der Waals surface area contributed by atoms with Gasteiger partial charge in [0.1, 0.15) is 0 Å². The molecular formula is C12H23N. The molecule has 1 aliphatic rings. The van der Waals surface area contributed by atoms with Crippen LogP contribution in [-0.4, -0.2) is 13.1 Å². The van der Waals surface area contributed by atoms with E-state index in [2.05, 4.69) is 18.8 Å². The molecule has 1 N–H and O–H groups in total. The lowest BCUT2D eigenvalue weighted by Gasteiger charge is -2.26. The van der Waals surface area contributed by atoms with Gasteiger partial charge >= 0.3 is 0 Å². The molecule has 0 aliphatic heterocycles. The van der Waals surface area contributed by atoms with E-state index >= 15 is 0 Å². The van der Waals surface area contributed by atoms with Crippen molar-refractivity contribution >= 4 is 0 Å². The van der Waals surface area contributed by atoms with Crippen LogP contribution in [0.3, 0.4) is 0 Å². The maximum atomic E-state index is 4.03. The smallest absolute Gasteiger partial charge is 0.0273 e. The van der Waals surface area contributed by atoms with E-state index < -0.39 is 0 Å². The van der Waals surface area contributed by atoms with Gasteiger partial charge in [0, 0.05) is 6.04 Å².